The number of carboxylic acids is 1. The van der Waals surface area contributed by atoms with Crippen molar-refractivity contribution in [3.63, 3.8) is 0 Å². The first-order valence-corrected chi connectivity index (χ1v) is 9.57. The average Bonchev–Trinajstić information content (AvgIpc) is 2.64. The standard InChI is InChI=1S/C22H26O3/c23-21(24)18-5-4-17-15-20(7-6-16(17)14-18)25-19-8-12-22(13-9-19)10-2-1-3-11-22/h4-7,14-15,19H,1-3,8-13H2,(H,23,24). The lowest BCUT2D eigenvalue weighted by atomic mass is 9.65. The number of carboxylic acid groups (broad SMARTS) is 1. The van der Waals surface area contributed by atoms with Crippen LogP contribution in [0.5, 0.6) is 5.75 Å². The average molecular weight is 338 g/mol. The summed E-state index contributed by atoms with van der Waals surface area (Å²) in [5.74, 6) is 0.0150. The highest BCUT2D eigenvalue weighted by Crippen LogP contribution is 2.47. The lowest BCUT2D eigenvalue weighted by Crippen LogP contribution is -2.33. The predicted octanol–water partition coefficient (Wildman–Crippen LogP) is 5.81. The highest BCUT2D eigenvalue weighted by Gasteiger charge is 2.36. The van der Waals surface area contributed by atoms with E-state index in [0.717, 1.165) is 29.4 Å². The van der Waals surface area contributed by atoms with Crippen LogP contribution in [0, 0.1) is 5.41 Å². The maximum absolute atomic E-state index is 11.1. The molecule has 0 radical (unpaired) electrons. The Kier molecular flexibility index (Phi) is 4.41. The monoisotopic (exact) mass is 338 g/mol. The highest BCUT2D eigenvalue weighted by atomic mass is 16.5. The lowest BCUT2D eigenvalue weighted by molar-refractivity contribution is 0.0524. The maximum atomic E-state index is 11.1. The van der Waals surface area contributed by atoms with Crippen LogP contribution in [0.25, 0.3) is 10.8 Å². The van der Waals surface area contributed by atoms with Crippen molar-refractivity contribution in [2.75, 3.05) is 0 Å². The van der Waals surface area contributed by atoms with Gasteiger partial charge in [-0.2, -0.15) is 0 Å². The van der Waals surface area contributed by atoms with Gasteiger partial charge in [-0.3, -0.25) is 0 Å². The van der Waals surface area contributed by atoms with Crippen LogP contribution in [0.4, 0.5) is 0 Å². The smallest absolute Gasteiger partial charge is 0.335 e. The first-order chi connectivity index (χ1) is 12.1. The molecule has 3 heteroatoms. The van der Waals surface area contributed by atoms with Crippen LogP contribution < -0.4 is 4.74 Å². The van der Waals surface area contributed by atoms with Gasteiger partial charge in [0.25, 0.3) is 0 Å². The van der Waals surface area contributed by atoms with E-state index in [0.29, 0.717) is 17.1 Å². The zero-order valence-corrected chi connectivity index (χ0v) is 14.7. The van der Waals surface area contributed by atoms with E-state index < -0.39 is 5.97 Å². The zero-order valence-electron chi connectivity index (χ0n) is 14.7. The Hall–Kier alpha value is -2.03. The molecule has 0 atom stereocenters. The van der Waals surface area contributed by atoms with Gasteiger partial charge in [0.2, 0.25) is 0 Å². The van der Waals surface area contributed by atoms with E-state index in [1.165, 1.54) is 44.9 Å². The quantitative estimate of drug-likeness (QED) is 0.768. The van der Waals surface area contributed by atoms with E-state index in [9.17, 15) is 4.79 Å². The van der Waals surface area contributed by atoms with Gasteiger partial charge >= 0.3 is 5.97 Å². The first-order valence-electron chi connectivity index (χ1n) is 9.57. The normalized spacial score (nSPS) is 20.6. The second-order valence-electron chi connectivity index (χ2n) is 7.91. The third-order valence-corrected chi connectivity index (χ3v) is 6.27. The number of aromatic carboxylic acids is 1. The topological polar surface area (TPSA) is 46.5 Å². The van der Waals surface area contributed by atoms with Crippen molar-refractivity contribution in [3.05, 3.63) is 42.0 Å². The second kappa shape index (κ2) is 6.70. The molecule has 0 unspecified atom stereocenters. The molecule has 0 heterocycles. The van der Waals surface area contributed by atoms with Crippen molar-refractivity contribution in [2.45, 2.75) is 63.9 Å². The Bertz CT molecular complexity index is 764. The molecule has 4 rings (SSSR count). The van der Waals surface area contributed by atoms with Crippen LogP contribution in [0.15, 0.2) is 36.4 Å². The van der Waals surface area contributed by atoms with E-state index in [1.54, 1.807) is 12.1 Å². The molecule has 2 aliphatic rings. The van der Waals surface area contributed by atoms with Crippen LogP contribution in [0.1, 0.15) is 68.1 Å². The summed E-state index contributed by atoms with van der Waals surface area (Å²) in [5.41, 5.74) is 0.945. The SMILES string of the molecule is O=C(O)c1ccc2cc(OC3CCC4(CCCCC4)CC3)ccc2c1. The Morgan fingerprint density at radius 3 is 2.32 bits per heavy atom. The third kappa shape index (κ3) is 3.51. The van der Waals surface area contributed by atoms with Crippen molar-refractivity contribution in [3.8, 4) is 5.75 Å². The zero-order chi connectivity index (χ0) is 17.3. The summed E-state index contributed by atoms with van der Waals surface area (Å²) in [5, 5.41) is 11.1. The lowest BCUT2D eigenvalue weighted by Gasteiger charge is -2.42. The minimum atomic E-state index is -0.888. The number of hydrogen-bond donors (Lipinski definition) is 1. The van der Waals surface area contributed by atoms with E-state index in [1.807, 2.05) is 24.3 Å². The number of fused-ring (bicyclic) bond motifs is 1. The van der Waals surface area contributed by atoms with Crippen LogP contribution in [0.3, 0.4) is 0 Å². The molecule has 3 nitrogen and oxygen atoms in total. The van der Waals surface area contributed by atoms with Gasteiger partial charge in [-0.05, 0) is 79.0 Å². The summed E-state index contributed by atoms with van der Waals surface area (Å²) in [6, 6.07) is 11.2. The van der Waals surface area contributed by atoms with Gasteiger partial charge in [0.1, 0.15) is 5.75 Å². The highest BCUT2D eigenvalue weighted by molar-refractivity contribution is 5.94. The molecule has 25 heavy (non-hydrogen) atoms. The van der Waals surface area contributed by atoms with Gasteiger partial charge in [0.15, 0.2) is 0 Å². The molecule has 2 fully saturated rings. The van der Waals surface area contributed by atoms with Crippen molar-refractivity contribution in [1.29, 1.82) is 0 Å². The van der Waals surface area contributed by atoms with E-state index in [2.05, 4.69) is 0 Å². The van der Waals surface area contributed by atoms with E-state index in [-0.39, 0.29) is 0 Å². The minimum Gasteiger partial charge on any atom is -0.490 e. The summed E-state index contributed by atoms with van der Waals surface area (Å²) < 4.78 is 6.26. The van der Waals surface area contributed by atoms with Crippen LogP contribution in [-0.2, 0) is 0 Å². The van der Waals surface area contributed by atoms with Gasteiger partial charge < -0.3 is 9.84 Å². The number of benzene rings is 2. The Morgan fingerprint density at radius 1 is 0.920 bits per heavy atom. The molecule has 2 aliphatic carbocycles. The molecule has 1 N–H and O–H groups in total. The molecule has 0 aliphatic heterocycles. The summed E-state index contributed by atoms with van der Waals surface area (Å²) in [6.07, 6.45) is 12.4. The minimum absolute atomic E-state index is 0.322. The van der Waals surface area contributed by atoms with Crippen molar-refractivity contribution < 1.29 is 14.6 Å². The molecule has 0 saturated heterocycles. The Morgan fingerprint density at radius 2 is 1.60 bits per heavy atom. The molecule has 2 aromatic rings. The summed E-state index contributed by atoms with van der Waals surface area (Å²) in [4.78, 5) is 11.1. The fourth-order valence-electron chi connectivity index (χ4n) is 4.75. The molecule has 2 saturated carbocycles. The first kappa shape index (κ1) is 16.4. The van der Waals surface area contributed by atoms with E-state index >= 15 is 0 Å². The van der Waals surface area contributed by atoms with Gasteiger partial charge in [-0.25, -0.2) is 4.79 Å². The largest absolute Gasteiger partial charge is 0.490 e. The molecule has 0 amide bonds. The molecule has 2 aromatic carbocycles. The number of ether oxygens (including phenoxy) is 1. The van der Waals surface area contributed by atoms with E-state index in [4.69, 9.17) is 9.84 Å². The molecule has 132 valence electrons. The van der Waals surface area contributed by atoms with Gasteiger partial charge in [0, 0.05) is 0 Å². The van der Waals surface area contributed by atoms with Crippen LogP contribution >= 0.6 is 0 Å². The Balaban J connectivity index is 1.43. The number of hydrogen-bond acceptors (Lipinski definition) is 2. The van der Waals surface area contributed by atoms with Crippen LogP contribution in [-0.4, -0.2) is 17.2 Å². The van der Waals surface area contributed by atoms with Crippen LogP contribution in [0.2, 0.25) is 0 Å². The molecule has 1 spiro atoms. The number of carbonyl (C=O) groups is 1. The predicted molar refractivity (Wildman–Crippen MR) is 99.3 cm³/mol. The summed E-state index contributed by atoms with van der Waals surface area (Å²) in [7, 11) is 0. The summed E-state index contributed by atoms with van der Waals surface area (Å²) in [6.45, 7) is 0. The fourth-order valence-corrected chi connectivity index (χ4v) is 4.75. The van der Waals surface area contributed by atoms with Gasteiger partial charge in [-0.15, -0.1) is 0 Å². The van der Waals surface area contributed by atoms with Crippen molar-refractivity contribution in [1.82, 2.24) is 0 Å². The van der Waals surface area contributed by atoms with Gasteiger partial charge in [0.05, 0.1) is 11.7 Å². The third-order valence-electron chi connectivity index (χ3n) is 6.27. The molecule has 0 bridgehead atoms. The second-order valence-corrected chi connectivity index (χ2v) is 7.91. The maximum Gasteiger partial charge on any atom is 0.335 e. The van der Waals surface area contributed by atoms with Crippen molar-refractivity contribution in [2.24, 2.45) is 5.41 Å². The number of rotatable bonds is 3. The van der Waals surface area contributed by atoms with Gasteiger partial charge in [-0.1, -0.05) is 31.4 Å². The molecular formula is C22H26O3. The molecule has 0 aromatic heterocycles. The Labute approximate surface area is 149 Å². The fraction of sp³-hybridized carbons (Fsp3) is 0.500. The summed E-state index contributed by atoms with van der Waals surface area (Å²) >= 11 is 0. The van der Waals surface area contributed by atoms with Crippen molar-refractivity contribution >= 4 is 16.7 Å². The molecular weight excluding hydrogens is 312 g/mol.